The number of nitrogens with one attached hydrogen (secondary N) is 1. The van der Waals surface area contributed by atoms with Gasteiger partial charge in [0.05, 0.1) is 17.5 Å². The quantitative estimate of drug-likeness (QED) is 0.843. The third-order valence-electron chi connectivity index (χ3n) is 2.77. The molecule has 0 saturated heterocycles. The number of hydrogen-bond donors (Lipinski definition) is 2. The Morgan fingerprint density at radius 1 is 1.21 bits per heavy atom. The molecule has 0 aliphatic carbocycles. The molecule has 7 heteroatoms. The fourth-order valence-electron chi connectivity index (χ4n) is 1.48. The standard InChI is InChI=1S/C12H17F2NO3S/c1-8(2)11(7-16)15-9-3-5-10(6-4-9)19(17,18)12(13)14/h3-6,8,11-12,15-16H,7H2,1-2H3/t11-/m1/s1. The van der Waals surface area contributed by atoms with Crippen LogP contribution < -0.4 is 5.32 Å². The van der Waals surface area contributed by atoms with Crippen LogP contribution in [0.15, 0.2) is 29.2 Å². The molecular formula is C12H17F2NO3S. The predicted octanol–water partition coefficient (Wildman–Crippen LogP) is 2.11. The number of sulfone groups is 1. The molecule has 0 aliphatic rings. The van der Waals surface area contributed by atoms with Crippen LogP contribution in [0.4, 0.5) is 14.5 Å². The zero-order valence-corrected chi connectivity index (χ0v) is 11.5. The number of aliphatic hydroxyl groups is 1. The summed E-state index contributed by atoms with van der Waals surface area (Å²) in [5, 5.41) is 12.2. The molecule has 0 heterocycles. The fourth-order valence-corrected chi connectivity index (χ4v) is 2.20. The average molecular weight is 293 g/mol. The number of halogens is 2. The molecule has 0 bridgehead atoms. The third kappa shape index (κ3) is 3.87. The molecule has 1 aromatic rings. The minimum Gasteiger partial charge on any atom is -0.394 e. The second-order valence-corrected chi connectivity index (χ2v) is 6.43. The smallest absolute Gasteiger partial charge is 0.341 e. The molecule has 0 amide bonds. The number of aliphatic hydroxyl groups excluding tert-OH is 1. The van der Waals surface area contributed by atoms with Crippen molar-refractivity contribution in [3.63, 3.8) is 0 Å². The summed E-state index contributed by atoms with van der Waals surface area (Å²) in [6.45, 7) is 3.77. The van der Waals surface area contributed by atoms with E-state index in [-0.39, 0.29) is 18.6 Å². The average Bonchev–Trinajstić information content (AvgIpc) is 2.35. The maximum Gasteiger partial charge on any atom is 0.341 e. The van der Waals surface area contributed by atoms with E-state index in [0.29, 0.717) is 5.69 Å². The number of benzene rings is 1. The van der Waals surface area contributed by atoms with Crippen LogP contribution in [0.5, 0.6) is 0 Å². The highest BCUT2D eigenvalue weighted by Crippen LogP contribution is 2.21. The Bertz CT molecular complexity index is 500. The van der Waals surface area contributed by atoms with E-state index in [9.17, 15) is 17.2 Å². The summed E-state index contributed by atoms with van der Waals surface area (Å²) in [4.78, 5) is -0.418. The largest absolute Gasteiger partial charge is 0.394 e. The molecule has 1 aromatic carbocycles. The van der Waals surface area contributed by atoms with Crippen LogP contribution in [0.3, 0.4) is 0 Å². The molecular weight excluding hydrogens is 276 g/mol. The van der Waals surface area contributed by atoms with Gasteiger partial charge in [-0.15, -0.1) is 0 Å². The van der Waals surface area contributed by atoms with E-state index in [1.165, 1.54) is 12.1 Å². The van der Waals surface area contributed by atoms with Crippen molar-refractivity contribution in [3.05, 3.63) is 24.3 Å². The van der Waals surface area contributed by atoms with E-state index in [1.807, 2.05) is 13.8 Å². The molecule has 0 aliphatic heterocycles. The number of anilines is 1. The summed E-state index contributed by atoms with van der Waals surface area (Å²) in [6.07, 6.45) is 0. The zero-order valence-electron chi connectivity index (χ0n) is 10.7. The number of hydrogen-bond acceptors (Lipinski definition) is 4. The van der Waals surface area contributed by atoms with Crippen LogP contribution >= 0.6 is 0 Å². The molecule has 1 atom stereocenters. The van der Waals surface area contributed by atoms with Crippen LogP contribution in [0.25, 0.3) is 0 Å². The van der Waals surface area contributed by atoms with E-state index in [0.717, 1.165) is 12.1 Å². The first kappa shape index (κ1) is 15.8. The molecule has 0 unspecified atom stereocenters. The summed E-state index contributed by atoms with van der Waals surface area (Å²) >= 11 is 0. The van der Waals surface area contributed by atoms with Crippen molar-refractivity contribution < 1.29 is 22.3 Å². The van der Waals surface area contributed by atoms with Crippen LogP contribution in [0.2, 0.25) is 0 Å². The Morgan fingerprint density at radius 3 is 2.11 bits per heavy atom. The molecule has 4 nitrogen and oxygen atoms in total. The molecule has 0 aromatic heterocycles. The molecule has 0 radical (unpaired) electrons. The molecule has 0 fully saturated rings. The Labute approximate surface area is 111 Å². The van der Waals surface area contributed by atoms with Gasteiger partial charge >= 0.3 is 5.76 Å². The van der Waals surface area contributed by atoms with Crippen molar-refractivity contribution in [1.29, 1.82) is 0 Å². The van der Waals surface area contributed by atoms with Crippen LogP contribution in [-0.4, -0.2) is 31.9 Å². The molecule has 0 spiro atoms. The van der Waals surface area contributed by atoms with Crippen molar-refractivity contribution in [2.45, 2.75) is 30.5 Å². The minimum absolute atomic E-state index is 0.0747. The van der Waals surface area contributed by atoms with E-state index < -0.39 is 20.5 Å². The van der Waals surface area contributed by atoms with E-state index >= 15 is 0 Å². The third-order valence-corrected chi connectivity index (χ3v) is 4.17. The second-order valence-electron chi connectivity index (χ2n) is 4.51. The maximum atomic E-state index is 12.3. The normalized spacial score (nSPS) is 13.8. The van der Waals surface area contributed by atoms with Gasteiger partial charge in [0.1, 0.15) is 0 Å². The van der Waals surface area contributed by atoms with Gasteiger partial charge in [-0.05, 0) is 30.2 Å². The van der Waals surface area contributed by atoms with Crippen LogP contribution in [0.1, 0.15) is 13.8 Å². The molecule has 0 saturated carbocycles. The molecule has 108 valence electrons. The number of alkyl halides is 2. The fraction of sp³-hybridized carbons (Fsp3) is 0.500. The lowest BCUT2D eigenvalue weighted by Crippen LogP contribution is -2.29. The molecule has 19 heavy (non-hydrogen) atoms. The van der Waals surface area contributed by atoms with Crippen molar-refractivity contribution in [2.24, 2.45) is 5.92 Å². The van der Waals surface area contributed by atoms with Gasteiger partial charge < -0.3 is 10.4 Å². The summed E-state index contributed by atoms with van der Waals surface area (Å²) in [5.41, 5.74) is 0.570. The van der Waals surface area contributed by atoms with Gasteiger partial charge in [-0.25, -0.2) is 8.42 Å². The van der Waals surface area contributed by atoms with Gasteiger partial charge in [0.15, 0.2) is 0 Å². The predicted molar refractivity (Wildman–Crippen MR) is 69.0 cm³/mol. The first-order chi connectivity index (χ1) is 8.78. The van der Waals surface area contributed by atoms with Gasteiger partial charge in [0, 0.05) is 5.69 Å². The lowest BCUT2D eigenvalue weighted by molar-refractivity contribution is 0.234. The maximum absolute atomic E-state index is 12.3. The van der Waals surface area contributed by atoms with Gasteiger partial charge in [-0.1, -0.05) is 13.8 Å². The Morgan fingerprint density at radius 2 is 1.74 bits per heavy atom. The van der Waals surface area contributed by atoms with Gasteiger partial charge in [-0.3, -0.25) is 0 Å². The second kappa shape index (κ2) is 6.29. The SMILES string of the molecule is CC(C)[C@@H](CO)Nc1ccc(S(=O)(=O)C(F)F)cc1. The Balaban J connectivity index is 2.89. The topological polar surface area (TPSA) is 66.4 Å². The van der Waals surface area contributed by atoms with E-state index in [1.54, 1.807) is 0 Å². The lowest BCUT2D eigenvalue weighted by atomic mass is 10.1. The van der Waals surface area contributed by atoms with E-state index in [4.69, 9.17) is 5.11 Å². The zero-order chi connectivity index (χ0) is 14.6. The van der Waals surface area contributed by atoms with Gasteiger partial charge in [-0.2, -0.15) is 8.78 Å². The Hall–Kier alpha value is -1.21. The highest BCUT2D eigenvalue weighted by atomic mass is 32.2. The van der Waals surface area contributed by atoms with Crippen LogP contribution in [-0.2, 0) is 9.84 Å². The highest BCUT2D eigenvalue weighted by Gasteiger charge is 2.26. The summed E-state index contributed by atoms with van der Waals surface area (Å²) in [5.74, 6) is -3.25. The minimum atomic E-state index is -4.55. The first-order valence-corrected chi connectivity index (χ1v) is 7.33. The highest BCUT2D eigenvalue weighted by molar-refractivity contribution is 7.91. The number of rotatable bonds is 6. The van der Waals surface area contributed by atoms with Crippen molar-refractivity contribution in [1.82, 2.24) is 0 Å². The molecule has 2 N–H and O–H groups in total. The van der Waals surface area contributed by atoms with Crippen molar-refractivity contribution >= 4 is 15.5 Å². The monoisotopic (exact) mass is 293 g/mol. The van der Waals surface area contributed by atoms with Crippen molar-refractivity contribution in [3.8, 4) is 0 Å². The molecule has 1 rings (SSSR count). The lowest BCUT2D eigenvalue weighted by Gasteiger charge is -2.21. The Kier molecular flexibility index (Phi) is 5.25. The van der Waals surface area contributed by atoms with E-state index in [2.05, 4.69) is 5.32 Å². The summed E-state index contributed by atoms with van der Waals surface area (Å²) in [7, 11) is -4.55. The first-order valence-electron chi connectivity index (χ1n) is 5.78. The van der Waals surface area contributed by atoms with Crippen LogP contribution in [0, 0.1) is 5.92 Å². The van der Waals surface area contributed by atoms with Gasteiger partial charge in [0.25, 0.3) is 0 Å². The summed E-state index contributed by atoms with van der Waals surface area (Å²) < 4.78 is 47.1. The summed E-state index contributed by atoms with van der Waals surface area (Å²) in [6, 6.07) is 4.87. The van der Waals surface area contributed by atoms with Crippen molar-refractivity contribution in [2.75, 3.05) is 11.9 Å². The van der Waals surface area contributed by atoms with Gasteiger partial charge in [0.2, 0.25) is 9.84 Å².